The molecular weight excluding hydrogens is 346 g/mol. The molecule has 0 radical (unpaired) electrons. The molecule has 5 nitrogen and oxygen atoms in total. The largest absolute Gasteiger partial charge is 0.497 e. The van der Waals surface area contributed by atoms with Crippen LogP contribution in [0.25, 0.3) is 0 Å². The van der Waals surface area contributed by atoms with Gasteiger partial charge in [0, 0.05) is 43.3 Å². The van der Waals surface area contributed by atoms with Crippen molar-refractivity contribution < 1.29 is 9.53 Å². The van der Waals surface area contributed by atoms with Crippen LogP contribution >= 0.6 is 11.3 Å². The quantitative estimate of drug-likeness (QED) is 0.810. The van der Waals surface area contributed by atoms with Crippen molar-refractivity contribution in [3.8, 4) is 5.75 Å². The highest BCUT2D eigenvalue weighted by Crippen LogP contribution is 2.21. The van der Waals surface area contributed by atoms with Crippen molar-refractivity contribution in [3.63, 3.8) is 0 Å². The molecule has 1 aliphatic heterocycles. The number of methoxy groups -OCH3 is 1. The van der Waals surface area contributed by atoms with Crippen molar-refractivity contribution in [2.75, 3.05) is 44.7 Å². The summed E-state index contributed by atoms with van der Waals surface area (Å²) in [7, 11) is 1.68. The lowest BCUT2D eigenvalue weighted by Gasteiger charge is -2.38. The minimum atomic E-state index is -0.0867. The Morgan fingerprint density at radius 2 is 1.92 bits per heavy atom. The van der Waals surface area contributed by atoms with E-state index in [2.05, 4.69) is 38.7 Å². The fourth-order valence-corrected chi connectivity index (χ4v) is 3.95. The molecule has 0 unspecified atom stereocenters. The van der Waals surface area contributed by atoms with Crippen LogP contribution in [0.3, 0.4) is 0 Å². The molecule has 0 saturated carbocycles. The smallest absolute Gasteiger partial charge is 0.237 e. The zero-order valence-electron chi connectivity index (χ0n) is 15.5. The van der Waals surface area contributed by atoms with Crippen LogP contribution in [-0.4, -0.2) is 56.7 Å². The number of amides is 1. The van der Waals surface area contributed by atoms with Gasteiger partial charge >= 0.3 is 0 Å². The molecule has 6 heteroatoms. The summed E-state index contributed by atoms with van der Waals surface area (Å²) in [6.45, 7) is 6.36. The number of nitrogens with zero attached hydrogens (tertiary/aromatic N) is 2. The topological polar surface area (TPSA) is 44.8 Å². The average molecular weight is 374 g/mol. The van der Waals surface area contributed by atoms with Crippen molar-refractivity contribution >= 4 is 22.9 Å². The highest BCUT2D eigenvalue weighted by atomic mass is 32.1. The van der Waals surface area contributed by atoms with Gasteiger partial charge in [0.15, 0.2) is 0 Å². The van der Waals surface area contributed by atoms with Crippen molar-refractivity contribution in [2.24, 2.45) is 0 Å². The van der Waals surface area contributed by atoms with Crippen LogP contribution in [0.4, 0.5) is 5.69 Å². The predicted molar refractivity (Wildman–Crippen MR) is 107 cm³/mol. The number of carbonyl (C=O) groups is 1. The Morgan fingerprint density at radius 3 is 2.54 bits per heavy atom. The number of rotatable bonds is 7. The van der Waals surface area contributed by atoms with E-state index in [0.29, 0.717) is 6.54 Å². The molecule has 1 aliphatic rings. The normalized spacial score (nSPS) is 16.3. The first-order valence-corrected chi connectivity index (χ1v) is 9.98. The van der Waals surface area contributed by atoms with Crippen LogP contribution in [0.5, 0.6) is 5.75 Å². The lowest BCUT2D eigenvalue weighted by atomic mass is 10.2. The van der Waals surface area contributed by atoms with E-state index in [0.717, 1.165) is 38.3 Å². The summed E-state index contributed by atoms with van der Waals surface area (Å²) in [4.78, 5) is 18.3. The van der Waals surface area contributed by atoms with E-state index in [4.69, 9.17) is 4.74 Å². The standard InChI is InChI=1S/C20H27N3O2S/c1-16(20(24)21-10-9-19-4-3-15-26-19)22-11-13-23(14-12-22)17-5-7-18(25-2)8-6-17/h3-8,15-16H,9-14H2,1-2H3,(H,21,24)/t16-/m1/s1. The van der Waals surface area contributed by atoms with Gasteiger partial charge in [-0.1, -0.05) is 6.07 Å². The number of hydrogen-bond donors (Lipinski definition) is 1. The zero-order valence-corrected chi connectivity index (χ0v) is 16.3. The Balaban J connectivity index is 1.43. The first-order valence-electron chi connectivity index (χ1n) is 9.10. The van der Waals surface area contributed by atoms with E-state index < -0.39 is 0 Å². The molecule has 26 heavy (non-hydrogen) atoms. The fourth-order valence-electron chi connectivity index (χ4n) is 3.24. The van der Waals surface area contributed by atoms with E-state index in [1.807, 2.05) is 25.1 Å². The molecule has 140 valence electrons. The third kappa shape index (κ3) is 4.77. The highest BCUT2D eigenvalue weighted by molar-refractivity contribution is 7.09. The molecule has 1 saturated heterocycles. The molecule has 0 aliphatic carbocycles. The molecule has 1 fully saturated rings. The van der Waals surface area contributed by atoms with Crippen molar-refractivity contribution in [2.45, 2.75) is 19.4 Å². The van der Waals surface area contributed by atoms with E-state index >= 15 is 0 Å². The first kappa shape index (κ1) is 18.7. The molecule has 3 rings (SSSR count). The maximum atomic E-state index is 12.4. The molecule has 1 aromatic carbocycles. The second kappa shape index (κ2) is 9.05. The third-order valence-corrected chi connectivity index (χ3v) is 5.87. The Hall–Kier alpha value is -2.05. The third-order valence-electron chi connectivity index (χ3n) is 4.93. The number of anilines is 1. The second-order valence-electron chi connectivity index (χ2n) is 6.52. The molecule has 2 heterocycles. The maximum Gasteiger partial charge on any atom is 0.237 e. The van der Waals surface area contributed by atoms with Gasteiger partial charge in [-0.25, -0.2) is 0 Å². The number of ether oxygens (including phenoxy) is 1. The van der Waals surface area contributed by atoms with E-state index in [1.165, 1.54) is 10.6 Å². The van der Waals surface area contributed by atoms with Gasteiger partial charge in [-0.15, -0.1) is 11.3 Å². The maximum absolute atomic E-state index is 12.4. The number of benzene rings is 1. The summed E-state index contributed by atoms with van der Waals surface area (Å²) in [6, 6.07) is 12.2. The van der Waals surface area contributed by atoms with Crippen LogP contribution in [0.1, 0.15) is 11.8 Å². The fraction of sp³-hybridized carbons (Fsp3) is 0.450. The van der Waals surface area contributed by atoms with E-state index in [1.54, 1.807) is 18.4 Å². The summed E-state index contributed by atoms with van der Waals surface area (Å²) in [5, 5.41) is 5.14. The molecule has 2 aromatic rings. The summed E-state index contributed by atoms with van der Waals surface area (Å²) >= 11 is 1.74. The molecule has 1 atom stereocenters. The highest BCUT2D eigenvalue weighted by Gasteiger charge is 2.25. The molecule has 1 aromatic heterocycles. The summed E-state index contributed by atoms with van der Waals surface area (Å²) < 4.78 is 5.22. The molecule has 1 N–H and O–H groups in total. The molecule has 0 bridgehead atoms. The van der Waals surface area contributed by atoms with E-state index in [9.17, 15) is 4.79 Å². The number of hydrogen-bond acceptors (Lipinski definition) is 5. The van der Waals surface area contributed by atoms with Gasteiger partial charge in [-0.2, -0.15) is 0 Å². The predicted octanol–water partition coefficient (Wildman–Crippen LogP) is 2.63. The Morgan fingerprint density at radius 1 is 1.19 bits per heavy atom. The van der Waals surface area contributed by atoms with Gasteiger partial charge in [0.05, 0.1) is 13.2 Å². The van der Waals surface area contributed by atoms with Gasteiger partial charge in [0.25, 0.3) is 0 Å². The first-order chi connectivity index (χ1) is 12.7. The van der Waals surface area contributed by atoms with Crippen molar-refractivity contribution in [1.82, 2.24) is 10.2 Å². The minimum Gasteiger partial charge on any atom is -0.497 e. The molecular formula is C20H27N3O2S. The van der Waals surface area contributed by atoms with Gasteiger partial charge < -0.3 is 15.0 Å². The average Bonchev–Trinajstić information content (AvgIpc) is 3.21. The Kier molecular flexibility index (Phi) is 6.52. The summed E-state index contributed by atoms with van der Waals surface area (Å²) in [5.41, 5.74) is 1.21. The monoisotopic (exact) mass is 373 g/mol. The van der Waals surface area contributed by atoms with Crippen LogP contribution in [0.2, 0.25) is 0 Å². The second-order valence-corrected chi connectivity index (χ2v) is 7.55. The Bertz CT molecular complexity index is 680. The number of carbonyl (C=O) groups excluding carboxylic acids is 1. The van der Waals surface area contributed by atoms with Crippen LogP contribution in [0, 0.1) is 0 Å². The van der Waals surface area contributed by atoms with Gasteiger partial charge in [0.2, 0.25) is 5.91 Å². The van der Waals surface area contributed by atoms with Crippen LogP contribution in [0.15, 0.2) is 41.8 Å². The summed E-state index contributed by atoms with van der Waals surface area (Å²) in [5.74, 6) is 1.000. The van der Waals surface area contributed by atoms with Gasteiger partial charge in [-0.05, 0) is 49.1 Å². The van der Waals surface area contributed by atoms with Crippen molar-refractivity contribution in [1.29, 1.82) is 0 Å². The zero-order chi connectivity index (χ0) is 18.4. The van der Waals surface area contributed by atoms with E-state index in [-0.39, 0.29) is 11.9 Å². The lowest BCUT2D eigenvalue weighted by molar-refractivity contribution is -0.125. The summed E-state index contributed by atoms with van der Waals surface area (Å²) in [6.07, 6.45) is 0.904. The van der Waals surface area contributed by atoms with Gasteiger partial charge in [0.1, 0.15) is 5.75 Å². The molecule has 1 amide bonds. The number of piperazine rings is 1. The van der Waals surface area contributed by atoms with Gasteiger partial charge in [-0.3, -0.25) is 9.69 Å². The van der Waals surface area contributed by atoms with Crippen LogP contribution < -0.4 is 15.0 Å². The number of thiophene rings is 1. The molecule has 0 spiro atoms. The SMILES string of the molecule is COc1ccc(N2CCN([C@H](C)C(=O)NCCc3cccs3)CC2)cc1. The number of nitrogens with one attached hydrogen (secondary N) is 1. The Labute approximate surface area is 159 Å². The van der Waals surface area contributed by atoms with Crippen LogP contribution in [-0.2, 0) is 11.2 Å². The minimum absolute atomic E-state index is 0.0867. The van der Waals surface area contributed by atoms with Crippen molar-refractivity contribution in [3.05, 3.63) is 46.7 Å². The lowest BCUT2D eigenvalue weighted by Crippen LogP contribution is -2.54.